The van der Waals surface area contributed by atoms with E-state index in [9.17, 15) is 4.79 Å². The Labute approximate surface area is 141 Å². The molecule has 0 aromatic rings. The van der Waals surface area contributed by atoms with E-state index < -0.39 is 5.60 Å². The number of amides is 1. The standard InChI is InChI=1S/C18H34N2O3/c1-18(2,3)23-17(21)20-11-9-14(13-20)8-10-19-15-6-5-7-16(12-15)22-4/h14-16,19H,5-13H2,1-4H3. The van der Waals surface area contributed by atoms with Gasteiger partial charge in [0.2, 0.25) is 0 Å². The van der Waals surface area contributed by atoms with Crippen LogP contribution in [0, 0.1) is 5.92 Å². The number of nitrogens with one attached hydrogen (secondary N) is 1. The van der Waals surface area contributed by atoms with Gasteiger partial charge < -0.3 is 19.7 Å². The van der Waals surface area contributed by atoms with Crippen LogP contribution >= 0.6 is 0 Å². The normalized spacial score (nSPS) is 28.9. The van der Waals surface area contributed by atoms with Crippen molar-refractivity contribution in [1.29, 1.82) is 0 Å². The summed E-state index contributed by atoms with van der Waals surface area (Å²) in [7, 11) is 1.82. The average Bonchev–Trinajstić information content (AvgIpc) is 2.95. The highest BCUT2D eigenvalue weighted by Crippen LogP contribution is 2.23. The first-order chi connectivity index (χ1) is 10.9. The van der Waals surface area contributed by atoms with Gasteiger partial charge in [0.15, 0.2) is 0 Å². The molecule has 0 aromatic heterocycles. The second-order valence-corrected chi connectivity index (χ2v) is 8.05. The number of ether oxygens (including phenoxy) is 2. The second kappa shape index (κ2) is 8.34. The van der Waals surface area contributed by atoms with Gasteiger partial charge in [-0.3, -0.25) is 0 Å². The van der Waals surface area contributed by atoms with E-state index in [-0.39, 0.29) is 6.09 Å². The number of rotatable bonds is 5. The molecule has 5 heteroatoms. The van der Waals surface area contributed by atoms with Crippen LogP contribution in [0.3, 0.4) is 0 Å². The number of methoxy groups -OCH3 is 1. The fourth-order valence-corrected chi connectivity index (χ4v) is 3.60. The molecule has 3 atom stereocenters. The SMILES string of the molecule is COC1CCCC(NCCC2CCN(C(=O)OC(C)(C)C)C2)C1. The highest BCUT2D eigenvalue weighted by atomic mass is 16.6. The summed E-state index contributed by atoms with van der Waals surface area (Å²) < 4.78 is 10.9. The largest absolute Gasteiger partial charge is 0.444 e. The Kier molecular flexibility index (Phi) is 6.72. The third kappa shape index (κ3) is 6.30. The molecule has 2 rings (SSSR count). The summed E-state index contributed by atoms with van der Waals surface area (Å²) in [6.07, 6.45) is 7.33. The van der Waals surface area contributed by atoms with E-state index in [2.05, 4.69) is 5.32 Å². The quantitative estimate of drug-likeness (QED) is 0.843. The maximum absolute atomic E-state index is 12.1. The zero-order valence-electron chi connectivity index (χ0n) is 15.3. The smallest absolute Gasteiger partial charge is 0.410 e. The summed E-state index contributed by atoms with van der Waals surface area (Å²) in [4.78, 5) is 13.9. The Morgan fingerprint density at radius 1 is 1.26 bits per heavy atom. The number of carbonyl (C=O) groups is 1. The number of hydrogen-bond acceptors (Lipinski definition) is 4. The Morgan fingerprint density at radius 2 is 2.04 bits per heavy atom. The molecule has 0 radical (unpaired) electrons. The van der Waals surface area contributed by atoms with Gasteiger partial charge in [-0.15, -0.1) is 0 Å². The maximum atomic E-state index is 12.1. The molecular weight excluding hydrogens is 292 g/mol. The molecule has 2 aliphatic rings. The fraction of sp³-hybridized carbons (Fsp3) is 0.944. The van der Waals surface area contributed by atoms with E-state index in [0.717, 1.165) is 38.9 Å². The summed E-state index contributed by atoms with van der Waals surface area (Å²) in [5, 5.41) is 3.68. The molecule has 0 spiro atoms. The molecule has 1 saturated heterocycles. The van der Waals surface area contributed by atoms with E-state index in [1.807, 2.05) is 32.8 Å². The van der Waals surface area contributed by atoms with Crippen LogP contribution in [0.5, 0.6) is 0 Å². The molecule has 1 amide bonds. The molecule has 1 aliphatic heterocycles. The van der Waals surface area contributed by atoms with Gasteiger partial charge in [-0.25, -0.2) is 4.79 Å². The van der Waals surface area contributed by atoms with Gasteiger partial charge >= 0.3 is 6.09 Å². The van der Waals surface area contributed by atoms with Gasteiger partial charge in [0, 0.05) is 26.2 Å². The van der Waals surface area contributed by atoms with Gasteiger partial charge in [-0.05, 0) is 71.8 Å². The molecule has 0 bridgehead atoms. The Bertz CT molecular complexity index is 381. The van der Waals surface area contributed by atoms with Crippen molar-refractivity contribution in [3.63, 3.8) is 0 Å². The van der Waals surface area contributed by atoms with Gasteiger partial charge in [-0.1, -0.05) is 0 Å². The molecular formula is C18H34N2O3. The van der Waals surface area contributed by atoms with Crippen LogP contribution in [-0.2, 0) is 9.47 Å². The van der Waals surface area contributed by atoms with E-state index in [0.29, 0.717) is 18.1 Å². The zero-order chi connectivity index (χ0) is 16.9. The minimum absolute atomic E-state index is 0.164. The fourth-order valence-electron chi connectivity index (χ4n) is 3.60. The van der Waals surface area contributed by atoms with Crippen LogP contribution in [0.15, 0.2) is 0 Å². The van der Waals surface area contributed by atoms with Crippen LogP contribution in [0.1, 0.15) is 59.3 Å². The van der Waals surface area contributed by atoms with Crippen LogP contribution < -0.4 is 5.32 Å². The van der Waals surface area contributed by atoms with E-state index in [1.54, 1.807) is 0 Å². The van der Waals surface area contributed by atoms with Gasteiger partial charge in [0.1, 0.15) is 5.60 Å². The van der Waals surface area contributed by atoms with Crippen LogP contribution in [0.25, 0.3) is 0 Å². The number of hydrogen-bond donors (Lipinski definition) is 1. The average molecular weight is 326 g/mol. The molecule has 1 N–H and O–H groups in total. The Balaban J connectivity index is 1.63. The molecule has 23 heavy (non-hydrogen) atoms. The number of carbonyl (C=O) groups excluding carboxylic acids is 1. The minimum atomic E-state index is -0.407. The monoisotopic (exact) mass is 326 g/mol. The van der Waals surface area contributed by atoms with E-state index >= 15 is 0 Å². The first-order valence-electron chi connectivity index (χ1n) is 9.11. The summed E-state index contributed by atoms with van der Waals surface area (Å²) in [5.41, 5.74) is -0.407. The van der Waals surface area contributed by atoms with E-state index in [4.69, 9.17) is 9.47 Å². The Hall–Kier alpha value is -0.810. The molecule has 1 heterocycles. The van der Waals surface area contributed by atoms with Crippen molar-refractivity contribution in [2.45, 2.75) is 77.0 Å². The predicted octanol–water partition coefficient (Wildman–Crippen LogP) is 3.18. The lowest BCUT2D eigenvalue weighted by molar-refractivity contribution is 0.0287. The summed E-state index contributed by atoms with van der Waals surface area (Å²) in [5.74, 6) is 0.594. The molecule has 3 unspecified atom stereocenters. The summed E-state index contributed by atoms with van der Waals surface area (Å²) in [6, 6.07) is 0.595. The van der Waals surface area contributed by atoms with Gasteiger partial charge in [0.25, 0.3) is 0 Å². The number of likely N-dealkylation sites (tertiary alicyclic amines) is 1. The molecule has 5 nitrogen and oxygen atoms in total. The lowest BCUT2D eigenvalue weighted by Gasteiger charge is -2.29. The zero-order valence-corrected chi connectivity index (χ0v) is 15.3. The van der Waals surface area contributed by atoms with Crippen molar-refractivity contribution < 1.29 is 14.3 Å². The van der Waals surface area contributed by atoms with Gasteiger partial charge in [-0.2, -0.15) is 0 Å². The molecule has 1 saturated carbocycles. The summed E-state index contributed by atoms with van der Waals surface area (Å²) in [6.45, 7) is 8.45. The van der Waals surface area contributed by atoms with Crippen molar-refractivity contribution >= 4 is 6.09 Å². The first-order valence-corrected chi connectivity index (χ1v) is 9.11. The van der Waals surface area contributed by atoms with Crippen molar-refractivity contribution in [3.8, 4) is 0 Å². The third-order valence-electron chi connectivity index (χ3n) is 4.88. The molecule has 134 valence electrons. The first kappa shape index (κ1) is 18.5. The second-order valence-electron chi connectivity index (χ2n) is 8.05. The van der Waals surface area contributed by atoms with Crippen molar-refractivity contribution in [2.75, 3.05) is 26.7 Å². The van der Waals surface area contributed by atoms with Gasteiger partial charge in [0.05, 0.1) is 6.10 Å². The minimum Gasteiger partial charge on any atom is -0.444 e. The van der Waals surface area contributed by atoms with Crippen LogP contribution in [-0.4, -0.2) is 55.5 Å². The topological polar surface area (TPSA) is 50.8 Å². The van der Waals surface area contributed by atoms with E-state index in [1.165, 1.54) is 19.3 Å². The lowest BCUT2D eigenvalue weighted by atomic mass is 9.92. The van der Waals surface area contributed by atoms with Crippen molar-refractivity contribution in [2.24, 2.45) is 5.92 Å². The predicted molar refractivity (Wildman–Crippen MR) is 91.6 cm³/mol. The maximum Gasteiger partial charge on any atom is 0.410 e. The van der Waals surface area contributed by atoms with Crippen LogP contribution in [0.2, 0.25) is 0 Å². The summed E-state index contributed by atoms with van der Waals surface area (Å²) >= 11 is 0. The molecule has 1 aliphatic carbocycles. The van der Waals surface area contributed by atoms with Crippen LogP contribution in [0.4, 0.5) is 4.79 Å². The Morgan fingerprint density at radius 3 is 2.74 bits per heavy atom. The van der Waals surface area contributed by atoms with Crippen molar-refractivity contribution in [1.82, 2.24) is 10.2 Å². The highest BCUT2D eigenvalue weighted by Gasteiger charge is 2.29. The molecule has 2 fully saturated rings. The lowest BCUT2D eigenvalue weighted by Crippen LogP contribution is -2.38. The molecule has 0 aromatic carbocycles. The van der Waals surface area contributed by atoms with Crippen molar-refractivity contribution in [3.05, 3.63) is 0 Å². The third-order valence-corrected chi connectivity index (χ3v) is 4.88. The highest BCUT2D eigenvalue weighted by molar-refractivity contribution is 5.68. The number of nitrogens with zero attached hydrogens (tertiary/aromatic N) is 1.